The molecule has 4 nitrogen and oxygen atoms in total. The van der Waals surface area contributed by atoms with Crippen LogP contribution in [0.25, 0.3) is 0 Å². The first-order valence-electron chi connectivity index (χ1n) is 6.32. The minimum Gasteiger partial charge on any atom is -0.480 e. The summed E-state index contributed by atoms with van der Waals surface area (Å²) in [5.41, 5.74) is 2.39. The fourth-order valence-corrected chi connectivity index (χ4v) is 2.39. The number of hydrogen-bond donors (Lipinski definition) is 1. The molecule has 1 aliphatic heterocycles. The van der Waals surface area contributed by atoms with Gasteiger partial charge in [0.15, 0.2) is 6.10 Å². The molecule has 1 amide bonds. The second kappa shape index (κ2) is 5.13. The van der Waals surface area contributed by atoms with Crippen LogP contribution in [0, 0.1) is 6.92 Å². The number of amides is 1. The van der Waals surface area contributed by atoms with Gasteiger partial charge in [-0.05, 0) is 30.7 Å². The molecule has 1 atom stereocenters. The van der Waals surface area contributed by atoms with Gasteiger partial charge in [-0.1, -0.05) is 29.8 Å². The fraction of sp³-hybridized carbons (Fsp3) is 0.200. The zero-order chi connectivity index (χ0) is 14.1. The highest BCUT2D eigenvalue weighted by Crippen LogP contribution is 2.28. The zero-order valence-corrected chi connectivity index (χ0v) is 11.6. The molecule has 0 saturated carbocycles. The molecule has 1 aromatic heterocycles. The number of ether oxygens (including phenoxy) is 1. The van der Waals surface area contributed by atoms with E-state index < -0.39 is 6.10 Å². The lowest BCUT2D eigenvalue weighted by Gasteiger charge is -2.12. The molecule has 20 heavy (non-hydrogen) atoms. The van der Waals surface area contributed by atoms with Gasteiger partial charge in [0, 0.05) is 6.42 Å². The molecule has 1 aliphatic rings. The van der Waals surface area contributed by atoms with Gasteiger partial charge in [0.05, 0.1) is 11.4 Å². The van der Waals surface area contributed by atoms with Crippen molar-refractivity contribution >= 4 is 23.2 Å². The minimum atomic E-state index is -0.498. The maximum absolute atomic E-state index is 12.2. The lowest BCUT2D eigenvalue weighted by atomic mass is 10.1. The van der Waals surface area contributed by atoms with Crippen molar-refractivity contribution in [3.05, 3.63) is 52.8 Å². The van der Waals surface area contributed by atoms with Crippen molar-refractivity contribution in [3.8, 4) is 5.75 Å². The molecule has 2 aromatic rings. The molecule has 102 valence electrons. The molecular formula is C15H13ClN2O2. The smallest absolute Gasteiger partial charge is 0.265 e. The van der Waals surface area contributed by atoms with Crippen LogP contribution in [0.2, 0.25) is 5.15 Å². The summed E-state index contributed by atoms with van der Waals surface area (Å²) >= 11 is 5.79. The number of hydrogen-bond acceptors (Lipinski definition) is 3. The van der Waals surface area contributed by atoms with Crippen molar-refractivity contribution in [3.63, 3.8) is 0 Å². The third kappa shape index (κ3) is 2.47. The summed E-state index contributed by atoms with van der Waals surface area (Å²) in [6, 6.07) is 11.1. The first-order valence-corrected chi connectivity index (χ1v) is 6.70. The number of benzene rings is 1. The van der Waals surface area contributed by atoms with E-state index in [0.717, 1.165) is 11.3 Å². The molecule has 0 fully saturated rings. The number of carbonyl (C=O) groups excluding carboxylic acids is 1. The quantitative estimate of drug-likeness (QED) is 0.864. The van der Waals surface area contributed by atoms with E-state index in [2.05, 4.69) is 10.3 Å². The van der Waals surface area contributed by atoms with E-state index in [1.807, 2.05) is 24.3 Å². The Balaban J connectivity index is 1.72. The summed E-state index contributed by atoms with van der Waals surface area (Å²) < 4.78 is 5.65. The Morgan fingerprint density at radius 2 is 2.15 bits per heavy atom. The summed E-state index contributed by atoms with van der Waals surface area (Å²) in [5, 5.41) is 3.24. The normalized spacial score (nSPS) is 16.4. The van der Waals surface area contributed by atoms with Crippen LogP contribution in [0.5, 0.6) is 5.75 Å². The molecule has 2 heterocycles. The lowest BCUT2D eigenvalue weighted by molar-refractivity contribution is -0.122. The second-order valence-electron chi connectivity index (χ2n) is 4.67. The van der Waals surface area contributed by atoms with Crippen molar-refractivity contribution in [2.45, 2.75) is 19.4 Å². The monoisotopic (exact) mass is 288 g/mol. The molecule has 0 spiro atoms. The number of rotatable bonds is 2. The summed E-state index contributed by atoms with van der Waals surface area (Å²) in [7, 11) is 0. The Bertz CT molecular complexity index is 648. The van der Waals surface area contributed by atoms with Crippen LogP contribution in [0.1, 0.15) is 11.3 Å². The van der Waals surface area contributed by atoms with Crippen LogP contribution in [0.15, 0.2) is 36.4 Å². The van der Waals surface area contributed by atoms with Gasteiger partial charge in [-0.25, -0.2) is 4.98 Å². The highest BCUT2D eigenvalue weighted by Gasteiger charge is 2.29. The average Bonchev–Trinajstić information content (AvgIpc) is 2.86. The largest absolute Gasteiger partial charge is 0.480 e. The maximum atomic E-state index is 12.2. The van der Waals surface area contributed by atoms with E-state index in [1.165, 1.54) is 0 Å². The molecule has 3 rings (SSSR count). The summed E-state index contributed by atoms with van der Waals surface area (Å²) in [6.07, 6.45) is 0.0877. The molecule has 1 unspecified atom stereocenters. The van der Waals surface area contributed by atoms with Crippen LogP contribution in [-0.2, 0) is 11.2 Å². The Kier molecular flexibility index (Phi) is 3.32. The number of nitrogens with one attached hydrogen (secondary N) is 1. The number of carbonyl (C=O) groups is 1. The number of anilines is 1. The van der Waals surface area contributed by atoms with E-state index in [0.29, 0.717) is 23.0 Å². The van der Waals surface area contributed by atoms with E-state index in [1.54, 1.807) is 19.1 Å². The van der Waals surface area contributed by atoms with Gasteiger partial charge in [-0.15, -0.1) is 0 Å². The average molecular weight is 289 g/mol. The van der Waals surface area contributed by atoms with Gasteiger partial charge in [0.1, 0.15) is 10.9 Å². The minimum absolute atomic E-state index is 0.173. The lowest BCUT2D eigenvalue weighted by Crippen LogP contribution is -2.31. The molecule has 0 saturated heterocycles. The first-order chi connectivity index (χ1) is 9.63. The van der Waals surface area contributed by atoms with Crippen LogP contribution in [0.4, 0.5) is 5.69 Å². The van der Waals surface area contributed by atoms with Crippen molar-refractivity contribution in [1.29, 1.82) is 0 Å². The van der Waals surface area contributed by atoms with Gasteiger partial charge in [-0.3, -0.25) is 4.79 Å². The van der Waals surface area contributed by atoms with Gasteiger partial charge in [0.25, 0.3) is 5.91 Å². The second-order valence-corrected chi connectivity index (χ2v) is 5.06. The van der Waals surface area contributed by atoms with E-state index in [-0.39, 0.29) is 5.91 Å². The molecule has 5 heteroatoms. The first kappa shape index (κ1) is 12.9. The number of aromatic nitrogens is 1. The topological polar surface area (TPSA) is 51.2 Å². The van der Waals surface area contributed by atoms with Crippen LogP contribution in [-0.4, -0.2) is 17.0 Å². The predicted octanol–water partition coefficient (Wildman–Crippen LogP) is 2.99. The Morgan fingerprint density at radius 1 is 1.35 bits per heavy atom. The standard InChI is InChI=1S/C15H13ClN2O2/c1-9-11(6-7-14(16)17-9)18-15(19)13-8-10-4-2-3-5-12(10)20-13/h2-7,13H,8H2,1H3,(H,18,19). The molecular weight excluding hydrogens is 276 g/mol. The van der Waals surface area contributed by atoms with E-state index in [9.17, 15) is 4.79 Å². The highest BCUT2D eigenvalue weighted by atomic mass is 35.5. The third-order valence-corrected chi connectivity index (χ3v) is 3.46. The number of aryl methyl sites for hydroxylation is 1. The molecule has 0 radical (unpaired) electrons. The van der Waals surface area contributed by atoms with Crippen LogP contribution >= 0.6 is 11.6 Å². The summed E-state index contributed by atoms with van der Waals surface area (Å²) in [4.78, 5) is 16.3. The van der Waals surface area contributed by atoms with Crippen molar-refractivity contribution in [2.24, 2.45) is 0 Å². The Hall–Kier alpha value is -2.07. The van der Waals surface area contributed by atoms with Crippen molar-refractivity contribution in [2.75, 3.05) is 5.32 Å². The fourth-order valence-electron chi connectivity index (χ4n) is 2.20. The maximum Gasteiger partial charge on any atom is 0.265 e. The molecule has 1 aromatic carbocycles. The number of fused-ring (bicyclic) bond motifs is 1. The number of halogens is 1. The number of pyridine rings is 1. The van der Waals surface area contributed by atoms with Crippen molar-refractivity contribution < 1.29 is 9.53 Å². The molecule has 0 bridgehead atoms. The highest BCUT2D eigenvalue weighted by molar-refractivity contribution is 6.29. The van der Waals surface area contributed by atoms with Gasteiger partial charge in [-0.2, -0.15) is 0 Å². The van der Waals surface area contributed by atoms with E-state index in [4.69, 9.17) is 16.3 Å². The number of nitrogens with zero attached hydrogens (tertiary/aromatic N) is 1. The number of para-hydroxylation sites is 1. The van der Waals surface area contributed by atoms with Gasteiger partial charge >= 0.3 is 0 Å². The summed E-state index contributed by atoms with van der Waals surface area (Å²) in [6.45, 7) is 1.80. The van der Waals surface area contributed by atoms with Crippen molar-refractivity contribution in [1.82, 2.24) is 4.98 Å². The van der Waals surface area contributed by atoms with Crippen LogP contribution < -0.4 is 10.1 Å². The summed E-state index contributed by atoms with van der Waals surface area (Å²) in [5.74, 6) is 0.604. The predicted molar refractivity (Wildman–Crippen MR) is 77.2 cm³/mol. The third-order valence-electron chi connectivity index (χ3n) is 3.25. The van der Waals surface area contributed by atoms with Gasteiger partial charge < -0.3 is 10.1 Å². The van der Waals surface area contributed by atoms with Crippen LogP contribution in [0.3, 0.4) is 0 Å². The Morgan fingerprint density at radius 3 is 2.90 bits per heavy atom. The Labute approximate surface area is 121 Å². The molecule has 0 aliphatic carbocycles. The van der Waals surface area contributed by atoms with Gasteiger partial charge in [0.2, 0.25) is 0 Å². The SMILES string of the molecule is Cc1nc(Cl)ccc1NC(=O)C1Cc2ccccc2O1. The zero-order valence-electron chi connectivity index (χ0n) is 10.9. The van der Waals surface area contributed by atoms with E-state index >= 15 is 0 Å². The molecule has 1 N–H and O–H groups in total.